The predicted molar refractivity (Wildman–Crippen MR) is 57.2 cm³/mol. The van der Waals surface area contributed by atoms with Crippen molar-refractivity contribution in [2.45, 2.75) is 48.5 Å². The molecule has 0 spiro atoms. The van der Waals surface area contributed by atoms with Crippen LogP contribution in [0.5, 0.6) is 0 Å². The highest BCUT2D eigenvalue weighted by molar-refractivity contribution is 5.11. The average molecular weight is 168 g/mol. The molecule has 0 aromatic carbocycles. The molecule has 0 saturated carbocycles. The number of rotatable bonds is 2. The molecule has 0 aromatic rings. The third-order valence-corrected chi connectivity index (χ3v) is 3.60. The summed E-state index contributed by atoms with van der Waals surface area (Å²) in [7, 11) is 0. The monoisotopic (exact) mass is 168 g/mol. The Hall–Kier alpha value is -0.260. The van der Waals surface area contributed by atoms with Crippen molar-refractivity contribution in [3.63, 3.8) is 0 Å². The molecule has 1 atom stereocenters. The third kappa shape index (κ3) is 1.73. The fraction of sp³-hybridized carbons (Fsp3) is 0.833. The van der Waals surface area contributed by atoms with E-state index in [4.69, 9.17) is 0 Å². The lowest BCUT2D eigenvalue weighted by Gasteiger charge is -2.46. The van der Waals surface area contributed by atoms with Gasteiger partial charge in [0.1, 0.15) is 0 Å². The van der Waals surface area contributed by atoms with Crippen LogP contribution in [0.2, 0.25) is 0 Å². The second kappa shape index (κ2) is 3.24. The van der Waals surface area contributed by atoms with Gasteiger partial charge >= 0.3 is 0 Å². The highest BCUT2D eigenvalue weighted by atomic mass is 14.4. The topological polar surface area (TPSA) is 0 Å². The first-order valence-corrected chi connectivity index (χ1v) is 4.80. The Morgan fingerprint density at radius 2 is 1.42 bits per heavy atom. The largest absolute Gasteiger partial charge is 0.0996 e. The molecule has 0 aliphatic carbocycles. The quantitative estimate of drug-likeness (QED) is 0.540. The molecule has 0 aliphatic rings. The Labute approximate surface area is 78.1 Å². The lowest BCUT2D eigenvalue weighted by molar-refractivity contribution is 0.0945. The van der Waals surface area contributed by atoms with Crippen molar-refractivity contribution in [1.29, 1.82) is 0 Å². The number of hydrogen-bond donors (Lipinski definition) is 0. The summed E-state index contributed by atoms with van der Waals surface area (Å²) >= 11 is 0. The van der Waals surface area contributed by atoms with Gasteiger partial charge in [0.25, 0.3) is 0 Å². The molecule has 0 fully saturated rings. The van der Waals surface area contributed by atoms with Crippen molar-refractivity contribution < 1.29 is 0 Å². The van der Waals surface area contributed by atoms with E-state index in [0.717, 1.165) is 0 Å². The van der Waals surface area contributed by atoms with Gasteiger partial charge in [0.05, 0.1) is 0 Å². The summed E-state index contributed by atoms with van der Waals surface area (Å²) in [6, 6.07) is 0. The van der Waals surface area contributed by atoms with Crippen LogP contribution >= 0.6 is 0 Å². The third-order valence-electron chi connectivity index (χ3n) is 3.60. The molecule has 72 valence electrons. The van der Waals surface area contributed by atoms with E-state index in [1.807, 2.05) is 0 Å². The maximum atomic E-state index is 4.11. The van der Waals surface area contributed by atoms with Crippen LogP contribution < -0.4 is 0 Å². The van der Waals surface area contributed by atoms with Gasteiger partial charge in [0.15, 0.2) is 0 Å². The fourth-order valence-electron chi connectivity index (χ4n) is 2.00. The highest BCUT2D eigenvalue weighted by Crippen LogP contribution is 2.48. The van der Waals surface area contributed by atoms with E-state index in [1.165, 1.54) is 5.57 Å². The second-order valence-electron chi connectivity index (χ2n) is 5.39. The van der Waals surface area contributed by atoms with Gasteiger partial charge in [-0.25, -0.2) is 0 Å². The van der Waals surface area contributed by atoms with E-state index in [9.17, 15) is 0 Å². The zero-order valence-electron chi connectivity index (χ0n) is 9.78. The molecule has 0 radical (unpaired) electrons. The second-order valence-corrected chi connectivity index (χ2v) is 5.39. The van der Waals surface area contributed by atoms with Crippen molar-refractivity contribution in [2.75, 3.05) is 0 Å². The standard InChI is InChI=1S/C12H24/c1-9(2)12(8,10(3)4)11(5,6)7/h10H,1H2,2-8H3. The van der Waals surface area contributed by atoms with Gasteiger partial charge in [0.2, 0.25) is 0 Å². The zero-order valence-corrected chi connectivity index (χ0v) is 9.78. The van der Waals surface area contributed by atoms with Crippen LogP contribution in [0.25, 0.3) is 0 Å². The molecular weight excluding hydrogens is 144 g/mol. The Morgan fingerprint density at radius 1 is 1.08 bits per heavy atom. The van der Waals surface area contributed by atoms with Gasteiger partial charge in [-0.1, -0.05) is 53.7 Å². The van der Waals surface area contributed by atoms with Gasteiger partial charge in [-0.3, -0.25) is 0 Å². The molecule has 0 saturated heterocycles. The van der Waals surface area contributed by atoms with Crippen molar-refractivity contribution in [3.05, 3.63) is 12.2 Å². The first kappa shape index (κ1) is 11.7. The summed E-state index contributed by atoms with van der Waals surface area (Å²) in [6.07, 6.45) is 0. The van der Waals surface area contributed by atoms with Gasteiger partial charge < -0.3 is 0 Å². The number of hydrogen-bond acceptors (Lipinski definition) is 0. The maximum absolute atomic E-state index is 4.11. The van der Waals surface area contributed by atoms with Crippen LogP contribution in [0.15, 0.2) is 12.2 Å². The molecule has 1 unspecified atom stereocenters. The molecule has 12 heavy (non-hydrogen) atoms. The molecule has 0 aromatic heterocycles. The van der Waals surface area contributed by atoms with Gasteiger partial charge in [-0.2, -0.15) is 0 Å². The maximum Gasteiger partial charge on any atom is -0.00504 e. The van der Waals surface area contributed by atoms with Gasteiger partial charge in [-0.15, -0.1) is 0 Å². The van der Waals surface area contributed by atoms with Gasteiger partial charge in [0, 0.05) is 0 Å². The molecule has 0 rings (SSSR count). The van der Waals surface area contributed by atoms with Crippen LogP contribution in [0.1, 0.15) is 48.5 Å². The van der Waals surface area contributed by atoms with Crippen molar-refractivity contribution in [1.82, 2.24) is 0 Å². The predicted octanol–water partition coefficient (Wildman–Crippen LogP) is 4.27. The molecule has 0 heteroatoms. The van der Waals surface area contributed by atoms with Gasteiger partial charge in [-0.05, 0) is 23.7 Å². The highest BCUT2D eigenvalue weighted by Gasteiger charge is 2.40. The number of allylic oxidation sites excluding steroid dienone is 1. The van der Waals surface area contributed by atoms with E-state index in [-0.39, 0.29) is 5.41 Å². The summed E-state index contributed by atoms with van der Waals surface area (Å²) in [5.41, 5.74) is 1.84. The minimum absolute atomic E-state index is 0.243. The molecular formula is C12H24. The lowest BCUT2D eigenvalue weighted by Crippen LogP contribution is -2.38. The summed E-state index contributed by atoms with van der Waals surface area (Å²) < 4.78 is 0. The summed E-state index contributed by atoms with van der Waals surface area (Å²) in [5, 5.41) is 0. The fourth-order valence-corrected chi connectivity index (χ4v) is 2.00. The van der Waals surface area contributed by atoms with E-state index in [0.29, 0.717) is 11.3 Å². The van der Waals surface area contributed by atoms with Crippen molar-refractivity contribution in [3.8, 4) is 0 Å². The summed E-state index contributed by atoms with van der Waals surface area (Å²) in [5.74, 6) is 0.648. The normalized spacial score (nSPS) is 17.7. The first-order valence-electron chi connectivity index (χ1n) is 4.80. The molecule has 0 heterocycles. The Kier molecular flexibility index (Phi) is 3.17. The van der Waals surface area contributed by atoms with E-state index < -0.39 is 0 Å². The zero-order chi connectivity index (χ0) is 10.2. The van der Waals surface area contributed by atoms with E-state index in [1.54, 1.807) is 0 Å². The smallest absolute Gasteiger partial charge is 0.00504 e. The SMILES string of the molecule is C=C(C)C(C)(C(C)C)C(C)(C)C. The van der Waals surface area contributed by atoms with Crippen molar-refractivity contribution in [2.24, 2.45) is 16.7 Å². The first-order chi connectivity index (χ1) is 5.14. The molecule has 0 nitrogen and oxygen atoms in total. The Morgan fingerprint density at radius 3 is 1.42 bits per heavy atom. The summed E-state index contributed by atoms with van der Waals surface area (Å²) in [4.78, 5) is 0. The Bertz CT molecular complexity index is 169. The molecule has 0 amide bonds. The van der Waals surface area contributed by atoms with E-state index >= 15 is 0 Å². The molecule has 0 bridgehead atoms. The molecule has 0 aliphatic heterocycles. The van der Waals surface area contributed by atoms with Crippen LogP contribution in [0, 0.1) is 16.7 Å². The average Bonchev–Trinajstić information content (AvgIpc) is 1.82. The Balaban J connectivity index is 5.02. The van der Waals surface area contributed by atoms with Crippen LogP contribution in [-0.4, -0.2) is 0 Å². The van der Waals surface area contributed by atoms with E-state index in [2.05, 4.69) is 55.0 Å². The minimum Gasteiger partial charge on any atom is -0.0996 e. The van der Waals surface area contributed by atoms with Crippen LogP contribution in [0.3, 0.4) is 0 Å². The van der Waals surface area contributed by atoms with Crippen LogP contribution in [0.4, 0.5) is 0 Å². The lowest BCUT2D eigenvalue weighted by atomic mass is 9.59. The minimum atomic E-state index is 0.243. The molecule has 0 N–H and O–H groups in total. The van der Waals surface area contributed by atoms with Crippen molar-refractivity contribution >= 4 is 0 Å². The summed E-state index contributed by atoms with van der Waals surface area (Å²) in [6.45, 7) is 20.0. The van der Waals surface area contributed by atoms with Crippen LogP contribution in [-0.2, 0) is 0 Å².